The Morgan fingerprint density at radius 2 is 1.93 bits per heavy atom. The van der Waals surface area contributed by atoms with E-state index in [2.05, 4.69) is 10.3 Å². The molecule has 0 aliphatic rings. The molecule has 0 radical (unpaired) electrons. The summed E-state index contributed by atoms with van der Waals surface area (Å²) in [4.78, 5) is 29.9. The van der Waals surface area contributed by atoms with Crippen molar-refractivity contribution < 1.29 is 19.1 Å². The van der Waals surface area contributed by atoms with E-state index in [9.17, 15) is 9.59 Å². The molecule has 1 aromatic heterocycles. The number of nitrogens with zero attached hydrogens (tertiary/aromatic N) is 2. The number of ether oxygens (including phenoxy) is 2. The number of carbonyl (C=O) groups is 2. The predicted octanol–water partition coefficient (Wildman–Crippen LogP) is 2.81. The fourth-order valence-corrected chi connectivity index (χ4v) is 2.73. The van der Waals surface area contributed by atoms with Crippen LogP contribution in [0.15, 0.2) is 36.5 Å². The first-order chi connectivity index (χ1) is 13.0. The van der Waals surface area contributed by atoms with Gasteiger partial charge in [-0.3, -0.25) is 14.6 Å². The van der Waals surface area contributed by atoms with Crippen LogP contribution in [0.1, 0.15) is 19.0 Å². The van der Waals surface area contributed by atoms with Crippen LogP contribution in [0, 0.1) is 0 Å². The van der Waals surface area contributed by atoms with E-state index in [-0.39, 0.29) is 24.8 Å². The van der Waals surface area contributed by atoms with Crippen LogP contribution in [0.3, 0.4) is 0 Å². The number of anilines is 1. The van der Waals surface area contributed by atoms with Gasteiger partial charge in [0.15, 0.2) is 0 Å². The van der Waals surface area contributed by atoms with E-state index in [0.29, 0.717) is 28.8 Å². The molecule has 0 fully saturated rings. The van der Waals surface area contributed by atoms with E-state index >= 15 is 0 Å². The number of hydrogen-bond donors (Lipinski definition) is 1. The third kappa shape index (κ3) is 5.59. The van der Waals surface area contributed by atoms with E-state index < -0.39 is 0 Å². The lowest BCUT2D eigenvalue weighted by Crippen LogP contribution is -2.34. The van der Waals surface area contributed by atoms with Crippen molar-refractivity contribution in [1.29, 1.82) is 0 Å². The summed E-state index contributed by atoms with van der Waals surface area (Å²) < 4.78 is 10.5. The molecule has 0 saturated heterocycles. The Morgan fingerprint density at radius 3 is 2.52 bits per heavy atom. The fraction of sp³-hybridized carbons (Fsp3) is 0.316. The highest BCUT2D eigenvalue weighted by Crippen LogP contribution is 2.38. The molecule has 0 spiro atoms. The number of rotatable bonds is 8. The minimum Gasteiger partial charge on any atom is -0.495 e. The number of aromatic nitrogens is 1. The van der Waals surface area contributed by atoms with Crippen molar-refractivity contribution in [3.05, 3.63) is 47.2 Å². The van der Waals surface area contributed by atoms with E-state index in [1.807, 2.05) is 18.2 Å². The number of hydrogen-bond acceptors (Lipinski definition) is 5. The predicted molar refractivity (Wildman–Crippen MR) is 103 cm³/mol. The summed E-state index contributed by atoms with van der Waals surface area (Å²) in [5.74, 6) is 0.421. The number of amides is 2. The lowest BCUT2D eigenvalue weighted by Gasteiger charge is -2.24. The van der Waals surface area contributed by atoms with Gasteiger partial charge in [-0.2, -0.15) is 0 Å². The zero-order chi connectivity index (χ0) is 19.8. The van der Waals surface area contributed by atoms with Crippen molar-refractivity contribution >= 4 is 29.1 Å². The average Bonchev–Trinajstić information content (AvgIpc) is 2.67. The van der Waals surface area contributed by atoms with Gasteiger partial charge >= 0.3 is 0 Å². The van der Waals surface area contributed by atoms with E-state index in [4.69, 9.17) is 21.1 Å². The zero-order valence-corrected chi connectivity index (χ0v) is 16.2. The van der Waals surface area contributed by atoms with Crippen molar-refractivity contribution in [3.63, 3.8) is 0 Å². The van der Waals surface area contributed by atoms with Gasteiger partial charge in [0.25, 0.3) is 0 Å². The maximum Gasteiger partial charge on any atom is 0.223 e. The van der Waals surface area contributed by atoms with E-state index in [1.54, 1.807) is 18.3 Å². The molecule has 0 aliphatic heterocycles. The molecule has 1 aromatic carbocycles. The van der Waals surface area contributed by atoms with Gasteiger partial charge < -0.3 is 19.7 Å². The number of carbonyl (C=O) groups excluding carboxylic acids is 2. The molecule has 7 nitrogen and oxygen atoms in total. The van der Waals surface area contributed by atoms with Gasteiger partial charge in [-0.25, -0.2) is 0 Å². The Bertz CT molecular complexity index is 799. The van der Waals surface area contributed by atoms with Gasteiger partial charge in [-0.05, 0) is 12.1 Å². The molecular formula is C19H22ClN3O4. The van der Waals surface area contributed by atoms with Gasteiger partial charge in [-0.15, -0.1) is 0 Å². The molecule has 0 bridgehead atoms. The second-order valence-corrected chi connectivity index (χ2v) is 6.08. The molecule has 8 heteroatoms. The van der Waals surface area contributed by atoms with Crippen LogP contribution in [0.4, 0.5) is 5.69 Å². The summed E-state index contributed by atoms with van der Waals surface area (Å²) in [5, 5.41) is 3.16. The van der Waals surface area contributed by atoms with Gasteiger partial charge in [-0.1, -0.05) is 17.7 Å². The van der Waals surface area contributed by atoms with Crippen molar-refractivity contribution in [2.75, 3.05) is 25.7 Å². The van der Waals surface area contributed by atoms with Crippen molar-refractivity contribution in [2.45, 2.75) is 19.9 Å². The molecule has 0 atom stereocenters. The van der Waals surface area contributed by atoms with E-state index in [1.165, 1.54) is 26.0 Å². The first-order valence-electron chi connectivity index (χ1n) is 8.32. The summed E-state index contributed by atoms with van der Waals surface area (Å²) in [6.45, 7) is 1.94. The Hall–Kier alpha value is -2.80. The number of benzene rings is 1. The maximum atomic E-state index is 12.2. The normalized spacial score (nSPS) is 10.2. The molecule has 1 N–H and O–H groups in total. The van der Waals surface area contributed by atoms with Crippen molar-refractivity contribution in [2.24, 2.45) is 0 Å². The molecule has 0 unspecified atom stereocenters. The Kier molecular flexibility index (Phi) is 7.43. The first kappa shape index (κ1) is 20.5. The molecule has 27 heavy (non-hydrogen) atoms. The van der Waals surface area contributed by atoms with Crippen LogP contribution < -0.4 is 19.7 Å². The smallest absolute Gasteiger partial charge is 0.223 e. The zero-order valence-electron chi connectivity index (χ0n) is 15.5. The third-order valence-corrected chi connectivity index (χ3v) is 4.17. The van der Waals surface area contributed by atoms with Crippen LogP contribution in [-0.4, -0.2) is 37.6 Å². The first-order valence-corrected chi connectivity index (χ1v) is 8.70. The lowest BCUT2D eigenvalue weighted by molar-refractivity contribution is -0.121. The summed E-state index contributed by atoms with van der Waals surface area (Å²) in [5.41, 5.74) is 1.25. The lowest BCUT2D eigenvalue weighted by atomic mass is 10.2. The van der Waals surface area contributed by atoms with Crippen molar-refractivity contribution in [1.82, 2.24) is 10.3 Å². The standard InChI is InChI=1S/C19H22ClN3O4/c1-13(24)23(16-11-17(26-2)15(20)10-18(16)27-3)9-7-19(25)22-12-14-6-4-5-8-21-14/h4-6,8,10-11H,7,9,12H2,1-3H3,(H,22,25). The van der Waals surface area contributed by atoms with Crippen molar-refractivity contribution in [3.8, 4) is 11.5 Å². The van der Waals surface area contributed by atoms with Gasteiger partial charge in [0.05, 0.1) is 37.2 Å². The van der Waals surface area contributed by atoms with Crippen LogP contribution in [-0.2, 0) is 16.1 Å². The molecule has 144 valence electrons. The second kappa shape index (κ2) is 9.78. The third-order valence-electron chi connectivity index (χ3n) is 3.88. The molecule has 2 rings (SSSR count). The Morgan fingerprint density at radius 1 is 1.19 bits per heavy atom. The molecule has 1 heterocycles. The van der Waals surface area contributed by atoms with Gasteiger partial charge in [0, 0.05) is 38.2 Å². The minimum atomic E-state index is -0.227. The summed E-state index contributed by atoms with van der Waals surface area (Å²) in [7, 11) is 2.97. The SMILES string of the molecule is COc1cc(N(CCC(=O)NCc2ccccn2)C(C)=O)c(OC)cc1Cl. The van der Waals surface area contributed by atoms with Gasteiger partial charge in [0.1, 0.15) is 11.5 Å². The average molecular weight is 392 g/mol. The topological polar surface area (TPSA) is 80.8 Å². The van der Waals surface area contributed by atoms with Crippen LogP contribution in [0.25, 0.3) is 0 Å². The van der Waals surface area contributed by atoms with Crippen LogP contribution in [0.5, 0.6) is 11.5 Å². The number of methoxy groups -OCH3 is 2. The molecular weight excluding hydrogens is 370 g/mol. The highest BCUT2D eigenvalue weighted by Gasteiger charge is 2.20. The highest BCUT2D eigenvalue weighted by molar-refractivity contribution is 6.32. The number of halogens is 1. The fourth-order valence-electron chi connectivity index (χ4n) is 2.50. The summed E-state index contributed by atoms with van der Waals surface area (Å²) >= 11 is 6.11. The Labute approximate surface area is 163 Å². The Balaban J connectivity index is 2.07. The molecule has 0 saturated carbocycles. The molecule has 0 aliphatic carbocycles. The van der Waals surface area contributed by atoms with Crippen LogP contribution >= 0.6 is 11.6 Å². The van der Waals surface area contributed by atoms with Gasteiger partial charge in [0.2, 0.25) is 11.8 Å². The monoisotopic (exact) mass is 391 g/mol. The summed E-state index contributed by atoms with van der Waals surface area (Å²) in [6.07, 6.45) is 1.79. The molecule has 2 aromatic rings. The van der Waals surface area contributed by atoms with E-state index in [0.717, 1.165) is 5.69 Å². The highest BCUT2D eigenvalue weighted by atomic mass is 35.5. The molecule has 2 amide bonds. The number of nitrogens with one attached hydrogen (secondary N) is 1. The summed E-state index contributed by atoms with van der Waals surface area (Å²) in [6, 6.07) is 8.68. The second-order valence-electron chi connectivity index (χ2n) is 5.68. The largest absolute Gasteiger partial charge is 0.495 e. The maximum absolute atomic E-state index is 12.2. The minimum absolute atomic E-state index is 0.126. The number of pyridine rings is 1. The van der Waals surface area contributed by atoms with Crippen LogP contribution in [0.2, 0.25) is 5.02 Å². The quantitative estimate of drug-likeness (QED) is 0.748.